The summed E-state index contributed by atoms with van der Waals surface area (Å²) in [6, 6.07) is 11.8. The van der Waals surface area contributed by atoms with E-state index in [1.807, 2.05) is 6.07 Å². The molecule has 0 aliphatic carbocycles. The van der Waals surface area contributed by atoms with Crippen LogP contribution in [-0.2, 0) is 11.2 Å². The first-order chi connectivity index (χ1) is 13.8. The molecule has 2 heterocycles. The second-order valence-electron chi connectivity index (χ2n) is 7.53. The number of aromatic nitrogens is 3. The minimum Gasteiger partial charge on any atom is -0.444 e. The first-order valence-corrected chi connectivity index (χ1v) is 9.27. The summed E-state index contributed by atoms with van der Waals surface area (Å²) in [5.74, 6) is -0.105. The minimum absolute atomic E-state index is 0.150. The molecule has 3 aromatic rings. The summed E-state index contributed by atoms with van der Waals surface area (Å²) in [7, 11) is 0. The van der Waals surface area contributed by atoms with Crippen LogP contribution in [0.1, 0.15) is 38.1 Å². The van der Waals surface area contributed by atoms with E-state index >= 15 is 0 Å². The van der Waals surface area contributed by atoms with Crippen LogP contribution in [0.15, 0.2) is 53.2 Å². The Labute approximate surface area is 168 Å². The SMILES string of the molecule is CC(C)(C)OC(=O)NCC(Cc1nc(-c2ccccn2)no1)c1ccccc1F. The van der Waals surface area contributed by atoms with Crippen molar-refractivity contribution >= 4 is 6.09 Å². The monoisotopic (exact) mass is 398 g/mol. The Kier molecular flexibility index (Phi) is 6.21. The van der Waals surface area contributed by atoms with Gasteiger partial charge in [-0.3, -0.25) is 4.98 Å². The summed E-state index contributed by atoms with van der Waals surface area (Å²) in [5, 5.41) is 6.64. The van der Waals surface area contributed by atoms with Crippen LogP contribution in [0.25, 0.3) is 11.5 Å². The molecule has 0 aliphatic heterocycles. The largest absolute Gasteiger partial charge is 0.444 e. The van der Waals surface area contributed by atoms with Gasteiger partial charge >= 0.3 is 6.09 Å². The van der Waals surface area contributed by atoms with Crippen LogP contribution in [-0.4, -0.2) is 33.4 Å². The van der Waals surface area contributed by atoms with Gasteiger partial charge in [0, 0.05) is 25.1 Å². The third-order valence-electron chi connectivity index (χ3n) is 4.02. The van der Waals surface area contributed by atoms with Gasteiger partial charge in [0.1, 0.15) is 17.1 Å². The van der Waals surface area contributed by atoms with Crippen molar-refractivity contribution in [2.75, 3.05) is 6.54 Å². The Morgan fingerprint density at radius 2 is 1.97 bits per heavy atom. The molecular formula is C21H23FN4O3. The fraction of sp³-hybridized carbons (Fsp3) is 0.333. The zero-order valence-corrected chi connectivity index (χ0v) is 16.6. The number of carbonyl (C=O) groups excluding carboxylic acids is 1. The van der Waals surface area contributed by atoms with E-state index in [-0.39, 0.29) is 18.8 Å². The summed E-state index contributed by atoms with van der Waals surface area (Å²) in [5.41, 5.74) is 0.403. The van der Waals surface area contributed by atoms with Gasteiger partial charge in [0.25, 0.3) is 0 Å². The summed E-state index contributed by atoms with van der Waals surface area (Å²) < 4.78 is 25.0. The van der Waals surface area contributed by atoms with Gasteiger partial charge in [0.15, 0.2) is 0 Å². The number of benzene rings is 1. The number of alkyl carbamates (subject to hydrolysis) is 1. The number of hydrogen-bond acceptors (Lipinski definition) is 6. The maximum atomic E-state index is 14.4. The molecule has 8 heteroatoms. The number of ether oxygens (including phenoxy) is 1. The smallest absolute Gasteiger partial charge is 0.407 e. The zero-order valence-electron chi connectivity index (χ0n) is 16.6. The van der Waals surface area contributed by atoms with Gasteiger partial charge in [-0.15, -0.1) is 0 Å². The average Bonchev–Trinajstić information content (AvgIpc) is 3.14. The molecular weight excluding hydrogens is 375 g/mol. The van der Waals surface area contributed by atoms with Crippen LogP contribution in [0.5, 0.6) is 0 Å². The van der Waals surface area contributed by atoms with Gasteiger partial charge < -0.3 is 14.6 Å². The van der Waals surface area contributed by atoms with E-state index < -0.39 is 17.6 Å². The highest BCUT2D eigenvalue weighted by molar-refractivity contribution is 5.67. The molecule has 0 saturated heterocycles. The molecule has 3 rings (SSSR count). The Morgan fingerprint density at radius 1 is 1.21 bits per heavy atom. The van der Waals surface area contributed by atoms with Crippen LogP contribution < -0.4 is 5.32 Å². The molecule has 2 aromatic heterocycles. The second kappa shape index (κ2) is 8.81. The summed E-state index contributed by atoms with van der Waals surface area (Å²) in [6.45, 7) is 5.48. The highest BCUT2D eigenvalue weighted by Crippen LogP contribution is 2.24. The molecule has 1 aromatic carbocycles. The number of pyridine rings is 1. The quantitative estimate of drug-likeness (QED) is 0.672. The van der Waals surface area contributed by atoms with E-state index in [0.717, 1.165) is 0 Å². The van der Waals surface area contributed by atoms with Crippen molar-refractivity contribution in [3.63, 3.8) is 0 Å². The van der Waals surface area contributed by atoms with Gasteiger partial charge in [-0.1, -0.05) is 29.4 Å². The maximum Gasteiger partial charge on any atom is 0.407 e. The van der Waals surface area contributed by atoms with Crippen LogP contribution in [0.4, 0.5) is 9.18 Å². The van der Waals surface area contributed by atoms with Crippen LogP contribution >= 0.6 is 0 Å². The van der Waals surface area contributed by atoms with Crippen molar-refractivity contribution in [1.82, 2.24) is 20.4 Å². The molecule has 0 radical (unpaired) electrons. The molecule has 0 spiro atoms. The highest BCUT2D eigenvalue weighted by atomic mass is 19.1. The molecule has 7 nitrogen and oxygen atoms in total. The zero-order chi connectivity index (χ0) is 20.9. The topological polar surface area (TPSA) is 90.1 Å². The standard InChI is InChI=1S/C21H23FN4O3/c1-21(2,3)28-20(27)24-13-14(15-8-4-5-9-16(15)22)12-18-25-19(26-29-18)17-10-6-7-11-23-17/h4-11,14H,12-13H2,1-3H3,(H,24,27). The average molecular weight is 398 g/mol. The van der Waals surface area contributed by atoms with Crippen LogP contribution in [0.3, 0.4) is 0 Å². The molecule has 1 N–H and O–H groups in total. The predicted octanol–water partition coefficient (Wildman–Crippen LogP) is 4.12. The lowest BCUT2D eigenvalue weighted by Gasteiger charge is -2.22. The Hall–Kier alpha value is -3.29. The number of halogens is 1. The van der Waals surface area contributed by atoms with E-state index in [0.29, 0.717) is 23.0 Å². The molecule has 0 saturated carbocycles. The summed E-state index contributed by atoms with van der Waals surface area (Å²) in [6.07, 6.45) is 1.31. The maximum absolute atomic E-state index is 14.4. The van der Waals surface area contributed by atoms with Crippen molar-refractivity contribution in [1.29, 1.82) is 0 Å². The fourth-order valence-electron chi connectivity index (χ4n) is 2.77. The van der Waals surface area contributed by atoms with Crippen molar-refractivity contribution in [3.05, 3.63) is 65.9 Å². The molecule has 152 valence electrons. The van der Waals surface area contributed by atoms with Crippen molar-refractivity contribution in [2.24, 2.45) is 0 Å². The normalized spacial score (nSPS) is 12.4. The van der Waals surface area contributed by atoms with Crippen LogP contribution in [0, 0.1) is 5.82 Å². The lowest BCUT2D eigenvalue weighted by atomic mass is 9.95. The number of rotatable bonds is 6. The predicted molar refractivity (Wildman–Crippen MR) is 105 cm³/mol. The van der Waals surface area contributed by atoms with Gasteiger partial charge in [-0.2, -0.15) is 4.98 Å². The summed E-state index contributed by atoms with van der Waals surface area (Å²) >= 11 is 0. The Balaban J connectivity index is 1.76. The number of amides is 1. The van der Waals surface area contributed by atoms with E-state index in [4.69, 9.17) is 9.26 Å². The third-order valence-corrected chi connectivity index (χ3v) is 4.02. The van der Waals surface area contributed by atoms with Crippen molar-refractivity contribution in [3.8, 4) is 11.5 Å². The molecule has 0 aliphatic rings. The van der Waals surface area contributed by atoms with Crippen LogP contribution in [0.2, 0.25) is 0 Å². The highest BCUT2D eigenvalue weighted by Gasteiger charge is 2.23. The van der Waals surface area contributed by atoms with E-state index in [2.05, 4.69) is 20.4 Å². The molecule has 1 unspecified atom stereocenters. The lowest BCUT2D eigenvalue weighted by molar-refractivity contribution is 0.0523. The molecule has 1 amide bonds. The first-order valence-electron chi connectivity index (χ1n) is 9.27. The molecule has 1 atom stereocenters. The number of nitrogens with one attached hydrogen (secondary N) is 1. The van der Waals surface area contributed by atoms with Crippen molar-refractivity contribution < 1.29 is 18.4 Å². The van der Waals surface area contributed by atoms with Gasteiger partial charge in [0.2, 0.25) is 11.7 Å². The minimum atomic E-state index is -0.623. The third kappa shape index (κ3) is 5.84. The van der Waals surface area contributed by atoms with E-state index in [9.17, 15) is 9.18 Å². The molecule has 0 fully saturated rings. The fourth-order valence-corrected chi connectivity index (χ4v) is 2.77. The van der Waals surface area contributed by atoms with Crippen molar-refractivity contribution in [2.45, 2.75) is 38.7 Å². The van der Waals surface area contributed by atoms with E-state index in [1.54, 1.807) is 57.3 Å². The number of hydrogen-bond donors (Lipinski definition) is 1. The number of nitrogens with zero attached hydrogens (tertiary/aromatic N) is 3. The lowest BCUT2D eigenvalue weighted by Crippen LogP contribution is -2.35. The Morgan fingerprint density at radius 3 is 2.66 bits per heavy atom. The Bertz CT molecular complexity index is 954. The number of carbonyl (C=O) groups is 1. The second-order valence-corrected chi connectivity index (χ2v) is 7.53. The first kappa shape index (κ1) is 20.4. The van der Waals surface area contributed by atoms with Gasteiger partial charge in [-0.25, -0.2) is 9.18 Å². The van der Waals surface area contributed by atoms with Gasteiger partial charge in [-0.05, 0) is 44.5 Å². The molecule has 0 bridgehead atoms. The summed E-state index contributed by atoms with van der Waals surface area (Å²) in [4.78, 5) is 20.6. The molecule has 29 heavy (non-hydrogen) atoms. The van der Waals surface area contributed by atoms with Gasteiger partial charge in [0.05, 0.1) is 0 Å². The van der Waals surface area contributed by atoms with E-state index in [1.165, 1.54) is 6.07 Å².